The van der Waals surface area contributed by atoms with Crippen LogP contribution in [0.2, 0.25) is 0 Å². The van der Waals surface area contributed by atoms with E-state index in [9.17, 15) is 29.1 Å². The molecule has 3 unspecified atom stereocenters. The van der Waals surface area contributed by atoms with E-state index in [1.54, 1.807) is 0 Å². The van der Waals surface area contributed by atoms with Gasteiger partial charge in [-0.05, 0) is 45.4 Å². The average molecular weight is 644 g/mol. The van der Waals surface area contributed by atoms with Gasteiger partial charge in [0.1, 0.15) is 13.2 Å². The Balaban J connectivity index is 2.35. The van der Waals surface area contributed by atoms with Crippen LogP contribution in [0.5, 0.6) is 6.01 Å². The summed E-state index contributed by atoms with van der Waals surface area (Å²) < 4.78 is 23.9. The Labute approximate surface area is 266 Å². The zero-order valence-electron chi connectivity index (χ0n) is 27.4. The van der Waals surface area contributed by atoms with Crippen molar-refractivity contribution in [2.24, 2.45) is 0 Å². The van der Waals surface area contributed by atoms with Crippen molar-refractivity contribution in [3.63, 3.8) is 0 Å². The van der Waals surface area contributed by atoms with Gasteiger partial charge in [-0.2, -0.15) is 0 Å². The molecule has 1 aromatic rings. The maximum atomic E-state index is 12.9. The van der Waals surface area contributed by atoms with E-state index in [1.165, 1.54) is 4.57 Å². The van der Waals surface area contributed by atoms with Crippen LogP contribution in [0.4, 0.5) is 0 Å². The van der Waals surface area contributed by atoms with E-state index < -0.39 is 60.4 Å². The number of carbonyl (C=O) groups excluding carboxylic acids is 4. The summed E-state index contributed by atoms with van der Waals surface area (Å²) >= 11 is 0. The topological polar surface area (TPSA) is 189 Å². The van der Waals surface area contributed by atoms with E-state index in [2.05, 4.69) is 35.7 Å². The zero-order valence-corrected chi connectivity index (χ0v) is 27.4. The smallest absolute Gasteiger partial charge is 0.303 e. The molecule has 0 radical (unpaired) electrons. The average Bonchev–Trinajstić information content (AvgIpc) is 2.97. The molecule has 0 saturated heterocycles. The van der Waals surface area contributed by atoms with Crippen LogP contribution >= 0.6 is 0 Å². The fourth-order valence-corrected chi connectivity index (χ4v) is 5.47. The molecule has 15 nitrogen and oxygen atoms in total. The van der Waals surface area contributed by atoms with Gasteiger partial charge in [-0.3, -0.25) is 24.0 Å². The summed E-state index contributed by atoms with van der Waals surface area (Å²) in [4.78, 5) is 73.2. The second-order valence-electron chi connectivity index (χ2n) is 11.1. The molecule has 3 rings (SSSR count). The van der Waals surface area contributed by atoms with Crippen molar-refractivity contribution in [1.82, 2.24) is 19.5 Å². The Morgan fingerprint density at radius 2 is 1.43 bits per heavy atom. The van der Waals surface area contributed by atoms with Crippen LogP contribution in [0.3, 0.4) is 0 Å². The summed E-state index contributed by atoms with van der Waals surface area (Å²) in [5.41, 5.74) is 1.59. The zero-order chi connectivity index (χ0) is 34.3. The van der Waals surface area contributed by atoms with Gasteiger partial charge in [0.2, 0.25) is 0 Å². The second-order valence-corrected chi connectivity index (χ2v) is 11.1. The third-order valence-electron chi connectivity index (χ3n) is 8.03. The molecular formula is C31H41N5O10. The quantitative estimate of drug-likeness (QED) is 0.106. The summed E-state index contributed by atoms with van der Waals surface area (Å²) in [7, 11) is 0. The Kier molecular flexibility index (Phi) is 11.7. The number of quaternary nitrogens is 1. The van der Waals surface area contributed by atoms with E-state index in [4.69, 9.17) is 18.9 Å². The molecule has 0 saturated carbocycles. The number of aryl methyl sites for hydroxylation is 1. The van der Waals surface area contributed by atoms with E-state index in [0.717, 1.165) is 62.9 Å². The fraction of sp³-hybridized carbons (Fsp3) is 0.548. The van der Waals surface area contributed by atoms with Crippen LogP contribution in [0, 0.1) is 6.92 Å². The van der Waals surface area contributed by atoms with Crippen molar-refractivity contribution in [1.29, 1.82) is 0 Å². The molecule has 3 atom stereocenters. The largest absolute Gasteiger partial charge is 0.844 e. The summed E-state index contributed by atoms with van der Waals surface area (Å²) in [6, 6.07) is 2.65. The van der Waals surface area contributed by atoms with Crippen molar-refractivity contribution in [2.75, 3.05) is 26.2 Å². The molecular weight excluding hydrogens is 602 g/mol. The Morgan fingerprint density at radius 1 is 0.848 bits per heavy atom. The molecule has 2 aliphatic rings. The van der Waals surface area contributed by atoms with Gasteiger partial charge in [0, 0.05) is 33.3 Å². The molecule has 0 aliphatic carbocycles. The molecule has 0 N–H and O–H groups in total. The van der Waals surface area contributed by atoms with Crippen molar-refractivity contribution in [2.45, 2.75) is 86.8 Å². The molecule has 46 heavy (non-hydrogen) atoms. The van der Waals surface area contributed by atoms with Crippen LogP contribution in [0.1, 0.15) is 59.6 Å². The number of rotatable bonds is 14. The first-order valence-electron chi connectivity index (χ1n) is 15.0. The number of carbonyl (C=O) groups is 4. The van der Waals surface area contributed by atoms with Crippen molar-refractivity contribution >= 4 is 34.9 Å². The van der Waals surface area contributed by atoms with Gasteiger partial charge in [0.25, 0.3) is 5.56 Å². The maximum absolute atomic E-state index is 12.9. The fourth-order valence-electron chi connectivity index (χ4n) is 5.47. The molecule has 1 aromatic carbocycles. The van der Waals surface area contributed by atoms with Gasteiger partial charge in [-0.15, -0.1) is 0 Å². The summed E-state index contributed by atoms with van der Waals surface area (Å²) in [5.74, 6) is -3.22. The number of fused-ring (bicyclic) bond motifs is 2. The molecule has 0 aromatic heterocycles. The molecule has 0 bridgehead atoms. The summed E-state index contributed by atoms with van der Waals surface area (Å²) in [6.07, 6.45) is -4.30. The minimum absolute atomic E-state index is 0.141. The number of hydrogen-bond acceptors (Lipinski definition) is 13. The van der Waals surface area contributed by atoms with Gasteiger partial charge in [-0.1, -0.05) is 0 Å². The molecule has 0 fully saturated rings. The maximum Gasteiger partial charge on any atom is 0.303 e. The second kappa shape index (κ2) is 15.1. The van der Waals surface area contributed by atoms with E-state index >= 15 is 0 Å². The first-order chi connectivity index (χ1) is 21.6. The first-order valence-corrected chi connectivity index (χ1v) is 15.0. The van der Waals surface area contributed by atoms with Crippen LogP contribution in [0.25, 0.3) is 22.6 Å². The highest BCUT2D eigenvalue weighted by molar-refractivity contribution is 5.81. The predicted molar refractivity (Wildman–Crippen MR) is 161 cm³/mol. The molecule has 2 aliphatic heterocycles. The highest BCUT2D eigenvalue weighted by Crippen LogP contribution is 2.29. The lowest BCUT2D eigenvalue weighted by Gasteiger charge is -2.36. The molecule has 2 heterocycles. The lowest BCUT2D eigenvalue weighted by Crippen LogP contribution is -2.49. The van der Waals surface area contributed by atoms with Gasteiger partial charge < -0.3 is 33.1 Å². The third-order valence-corrected chi connectivity index (χ3v) is 8.03. The molecule has 0 amide bonds. The number of hydrogen-bond donors (Lipinski definition) is 0. The number of aromatic nitrogens is 4. The lowest BCUT2D eigenvalue weighted by atomic mass is 10.0. The Bertz CT molecular complexity index is 1630. The predicted octanol–water partition coefficient (Wildman–Crippen LogP) is 1.41. The number of nitrogens with zero attached hydrogens (tertiary/aromatic N) is 5. The van der Waals surface area contributed by atoms with Crippen molar-refractivity contribution in [3.8, 4) is 17.5 Å². The third kappa shape index (κ3) is 8.53. The summed E-state index contributed by atoms with van der Waals surface area (Å²) in [6.45, 7) is 15.2. The van der Waals surface area contributed by atoms with Gasteiger partial charge >= 0.3 is 23.9 Å². The van der Waals surface area contributed by atoms with Crippen LogP contribution in [-0.2, 0) is 51.2 Å². The van der Waals surface area contributed by atoms with Gasteiger partial charge in [0.05, 0.1) is 43.2 Å². The first kappa shape index (κ1) is 35.8. The molecule has 250 valence electrons. The highest BCUT2D eigenvalue weighted by atomic mass is 16.6. The number of benzene rings is 1. The molecule has 0 spiro atoms. The minimum atomic E-state index is -1.50. The van der Waals surface area contributed by atoms with E-state index in [0.29, 0.717) is 17.6 Å². The minimum Gasteiger partial charge on any atom is -0.844 e. The van der Waals surface area contributed by atoms with Gasteiger partial charge in [-0.25, -0.2) is 15.0 Å². The monoisotopic (exact) mass is 643 g/mol. The van der Waals surface area contributed by atoms with E-state index in [-0.39, 0.29) is 18.1 Å². The standard InChI is InChI=1S/C31H41N5O10/c1-9-36(10-2,11-3)15-22-13-24-23(12-17(22)4)32-27-29(33-31(42)34-30(27)41)35(24)14-25(44-19(6)38)28(46-21(8)40)26(45-20(7)39)16-43-18(5)37/h12-13,25-26,28H,9-11,14-16H2,1-8H3. The van der Waals surface area contributed by atoms with Crippen LogP contribution in [0.15, 0.2) is 16.9 Å². The lowest BCUT2D eigenvalue weighted by molar-refractivity contribution is -0.936. The van der Waals surface area contributed by atoms with Crippen molar-refractivity contribution in [3.05, 3.63) is 33.6 Å². The molecule has 15 heteroatoms. The summed E-state index contributed by atoms with van der Waals surface area (Å²) in [5, 5.41) is 12.4. The van der Waals surface area contributed by atoms with Gasteiger partial charge in [0.15, 0.2) is 29.8 Å². The Morgan fingerprint density at radius 3 is 1.98 bits per heavy atom. The van der Waals surface area contributed by atoms with Crippen LogP contribution < -0.4 is 10.7 Å². The number of esters is 4. The van der Waals surface area contributed by atoms with Crippen LogP contribution in [-0.4, -0.2) is 92.4 Å². The Hall–Kier alpha value is -4.66. The SMILES string of the molecule is CC[N+](CC)(CC)Cc1cc2c(cc1C)nc1c(=O)nc([O-])nc-1n2CC(OC(C)=O)C(OC(C)=O)C(COC(C)=O)OC(C)=O. The number of ether oxygens (including phenoxy) is 4. The van der Waals surface area contributed by atoms with Crippen molar-refractivity contribution < 1.29 is 47.7 Å². The van der Waals surface area contributed by atoms with E-state index in [1.807, 2.05) is 19.1 Å². The highest BCUT2D eigenvalue weighted by Gasteiger charge is 2.39. The normalized spacial score (nSPS) is 13.6.